The fraction of sp³-hybridized carbons (Fsp3) is 0.182. The van der Waals surface area contributed by atoms with Crippen molar-refractivity contribution < 1.29 is 14.3 Å². The largest absolute Gasteiger partial charge is 0.501 e. The Kier molecular flexibility index (Phi) is 5.16. The van der Waals surface area contributed by atoms with Gasteiger partial charge in [0.2, 0.25) is 17.1 Å². The first kappa shape index (κ1) is 20.1. The Morgan fingerprint density at radius 2 is 1.87 bits per heavy atom. The summed E-state index contributed by atoms with van der Waals surface area (Å²) in [6, 6.07) is 8.53. The summed E-state index contributed by atoms with van der Waals surface area (Å²) >= 11 is 0. The first-order chi connectivity index (χ1) is 14.9. The van der Waals surface area contributed by atoms with E-state index in [1.165, 1.54) is 6.07 Å². The molecule has 0 aliphatic carbocycles. The third-order valence-electron chi connectivity index (χ3n) is 4.63. The van der Waals surface area contributed by atoms with Gasteiger partial charge in [-0.3, -0.25) is 4.79 Å². The third kappa shape index (κ3) is 3.85. The van der Waals surface area contributed by atoms with Crippen LogP contribution in [-0.4, -0.2) is 46.2 Å². The van der Waals surface area contributed by atoms with Crippen LogP contribution in [0.1, 0.15) is 5.76 Å². The van der Waals surface area contributed by atoms with E-state index in [9.17, 15) is 9.90 Å². The Labute approximate surface area is 178 Å². The van der Waals surface area contributed by atoms with Crippen LogP contribution >= 0.6 is 0 Å². The second-order valence-electron chi connectivity index (χ2n) is 7.11. The van der Waals surface area contributed by atoms with Crippen molar-refractivity contribution in [2.45, 2.75) is 6.92 Å². The first-order valence-electron chi connectivity index (χ1n) is 9.45. The molecule has 0 atom stereocenters. The zero-order valence-electron chi connectivity index (χ0n) is 17.5. The lowest BCUT2D eigenvalue weighted by atomic mass is 10.1. The molecule has 3 heterocycles. The van der Waals surface area contributed by atoms with Crippen molar-refractivity contribution in [2.75, 3.05) is 26.1 Å². The Morgan fingerprint density at radius 1 is 1.13 bits per heavy atom. The van der Waals surface area contributed by atoms with Crippen LogP contribution in [0.25, 0.3) is 34.1 Å². The number of rotatable bonds is 5. The molecule has 0 bridgehead atoms. The summed E-state index contributed by atoms with van der Waals surface area (Å²) < 4.78 is 11.0. The maximum Gasteiger partial charge on any atom is 0.227 e. The van der Waals surface area contributed by atoms with E-state index in [-0.39, 0.29) is 5.76 Å². The molecular formula is C22H21N5O4. The highest BCUT2D eigenvalue weighted by molar-refractivity contribution is 5.81. The number of aromatic nitrogens is 4. The van der Waals surface area contributed by atoms with Crippen molar-refractivity contribution in [3.05, 3.63) is 58.7 Å². The Bertz CT molecular complexity index is 1290. The Hall–Kier alpha value is -4.14. The zero-order valence-corrected chi connectivity index (χ0v) is 17.5. The highest BCUT2D eigenvalue weighted by Gasteiger charge is 2.22. The highest BCUT2D eigenvalue weighted by Crippen LogP contribution is 2.37. The summed E-state index contributed by atoms with van der Waals surface area (Å²) in [7, 11) is 5.28. The van der Waals surface area contributed by atoms with Gasteiger partial charge in [-0.25, -0.2) is 15.0 Å². The number of benzene rings is 1. The molecule has 0 amide bonds. The Balaban J connectivity index is 1.93. The monoisotopic (exact) mass is 419 g/mol. The molecule has 158 valence electrons. The van der Waals surface area contributed by atoms with Gasteiger partial charge in [-0.05, 0) is 19.1 Å². The molecule has 4 rings (SSSR count). The number of nitrogens with zero attached hydrogens (tertiary/aromatic N) is 4. The van der Waals surface area contributed by atoms with E-state index in [2.05, 4.69) is 15.0 Å². The number of anilines is 1. The van der Waals surface area contributed by atoms with Crippen molar-refractivity contribution in [1.82, 2.24) is 19.9 Å². The average Bonchev–Trinajstić information content (AvgIpc) is 3.21. The lowest BCUT2D eigenvalue weighted by Crippen LogP contribution is -2.12. The van der Waals surface area contributed by atoms with Crippen molar-refractivity contribution in [1.29, 1.82) is 0 Å². The zero-order chi connectivity index (χ0) is 22.1. The highest BCUT2D eigenvalue weighted by atomic mass is 16.5. The SMILES string of the molecule is COc1cccc(-c2nc(-c3cnc(N(C)C)nc3)[nH]c2-c2oc(C)cc(=O)c2O)c1. The predicted molar refractivity (Wildman–Crippen MR) is 116 cm³/mol. The van der Waals surface area contributed by atoms with E-state index in [0.29, 0.717) is 45.8 Å². The van der Waals surface area contributed by atoms with E-state index in [4.69, 9.17) is 14.1 Å². The number of imidazole rings is 1. The molecule has 0 spiro atoms. The standard InChI is InChI=1S/C22H21N5O4/c1-12-8-16(28)19(29)20(31-12)18-17(13-6-5-7-15(9-13)30-4)25-21(26-18)14-10-23-22(24-11-14)27(2)3/h5-11,29H,1-4H3,(H,25,26). The van der Waals surface area contributed by atoms with Gasteiger partial charge in [-0.1, -0.05) is 12.1 Å². The van der Waals surface area contributed by atoms with Crippen molar-refractivity contribution in [3.8, 4) is 45.6 Å². The van der Waals surface area contributed by atoms with E-state index in [1.807, 2.05) is 32.3 Å². The van der Waals surface area contributed by atoms with Crippen molar-refractivity contribution in [2.24, 2.45) is 0 Å². The molecule has 0 aliphatic rings. The number of aromatic hydroxyl groups is 1. The van der Waals surface area contributed by atoms with Crippen LogP contribution in [-0.2, 0) is 0 Å². The molecule has 0 saturated carbocycles. The van der Waals surface area contributed by atoms with Crippen LogP contribution in [0.15, 0.2) is 51.9 Å². The second kappa shape index (κ2) is 7.94. The number of H-pyrrole nitrogens is 1. The molecule has 0 saturated heterocycles. The molecule has 0 fully saturated rings. The van der Waals surface area contributed by atoms with Crippen LogP contribution in [0.4, 0.5) is 5.95 Å². The third-order valence-corrected chi connectivity index (χ3v) is 4.63. The first-order valence-corrected chi connectivity index (χ1v) is 9.45. The van der Waals surface area contributed by atoms with Gasteiger partial charge in [-0.2, -0.15) is 0 Å². The average molecular weight is 419 g/mol. The lowest BCUT2D eigenvalue weighted by Gasteiger charge is -2.08. The van der Waals surface area contributed by atoms with Gasteiger partial charge in [0.05, 0.1) is 12.7 Å². The maximum atomic E-state index is 12.2. The molecule has 0 unspecified atom stereocenters. The van der Waals surface area contributed by atoms with Gasteiger partial charge in [0.25, 0.3) is 0 Å². The predicted octanol–water partition coefficient (Wildman–Crippen LogP) is 3.24. The minimum atomic E-state index is -0.537. The van der Waals surface area contributed by atoms with Gasteiger partial charge in [0.1, 0.15) is 28.7 Å². The van der Waals surface area contributed by atoms with Gasteiger partial charge < -0.3 is 24.1 Å². The lowest BCUT2D eigenvalue weighted by molar-refractivity contribution is 0.415. The minimum Gasteiger partial charge on any atom is -0.501 e. The summed E-state index contributed by atoms with van der Waals surface area (Å²) in [5.41, 5.74) is 1.65. The summed E-state index contributed by atoms with van der Waals surface area (Å²) in [5.74, 6) is 1.54. The summed E-state index contributed by atoms with van der Waals surface area (Å²) in [5, 5.41) is 10.4. The number of aromatic amines is 1. The van der Waals surface area contributed by atoms with Crippen molar-refractivity contribution in [3.63, 3.8) is 0 Å². The Morgan fingerprint density at radius 3 is 2.55 bits per heavy atom. The van der Waals surface area contributed by atoms with Gasteiger partial charge in [0, 0.05) is 38.1 Å². The molecule has 0 radical (unpaired) electrons. The minimum absolute atomic E-state index is 0.00685. The number of nitrogens with one attached hydrogen (secondary N) is 1. The molecule has 31 heavy (non-hydrogen) atoms. The van der Waals surface area contributed by atoms with E-state index in [0.717, 1.165) is 0 Å². The van der Waals surface area contributed by atoms with Crippen LogP contribution in [0, 0.1) is 6.92 Å². The molecule has 0 aliphatic heterocycles. The van der Waals surface area contributed by atoms with Gasteiger partial charge in [0.15, 0.2) is 5.76 Å². The molecule has 1 aromatic carbocycles. The van der Waals surface area contributed by atoms with Gasteiger partial charge >= 0.3 is 0 Å². The number of hydrogen-bond acceptors (Lipinski definition) is 8. The molecular weight excluding hydrogens is 398 g/mol. The maximum absolute atomic E-state index is 12.2. The number of hydrogen-bond donors (Lipinski definition) is 2. The van der Waals surface area contributed by atoms with Gasteiger partial charge in [-0.15, -0.1) is 0 Å². The summed E-state index contributed by atoms with van der Waals surface area (Å²) in [6.45, 7) is 1.64. The van der Waals surface area contributed by atoms with Crippen LogP contribution in [0.3, 0.4) is 0 Å². The molecule has 2 N–H and O–H groups in total. The van der Waals surface area contributed by atoms with Crippen LogP contribution in [0.2, 0.25) is 0 Å². The topological polar surface area (TPSA) is 117 Å². The molecule has 9 nitrogen and oxygen atoms in total. The van der Waals surface area contributed by atoms with Crippen LogP contribution < -0.4 is 15.1 Å². The van der Waals surface area contributed by atoms with Crippen LogP contribution in [0.5, 0.6) is 11.5 Å². The summed E-state index contributed by atoms with van der Waals surface area (Å²) in [4.78, 5) is 30.5. The quantitative estimate of drug-likeness (QED) is 0.506. The fourth-order valence-electron chi connectivity index (χ4n) is 3.10. The van der Waals surface area contributed by atoms with E-state index < -0.39 is 11.2 Å². The normalized spacial score (nSPS) is 10.8. The fourth-order valence-corrected chi connectivity index (χ4v) is 3.10. The number of ether oxygens (including phenoxy) is 1. The molecule has 3 aromatic heterocycles. The van der Waals surface area contributed by atoms with E-state index >= 15 is 0 Å². The second-order valence-corrected chi connectivity index (χ2v) is 7.11. The number of aryl methyl sites for hydroxylation is 1. The van der Waals surface area contributed by atoms with Crippen molar-refractivity contribution >= 4 is 5.95 Å². The molecule has 4 aromatic rings. The van der Waals surface area contributed by atoms with E-state index in [1.54, 1.807) is 37.4 Å². The smallest absolute Gasteiger partial charge is 0.227 e. The number of methoxy groups -OCH3 is 1. The summed E-state index contributed by atoms with van der Waals surface area (Å²) in [6.07, 6.45) is 3.29. The molecule has 9 heteroatoms.